The molecule has 0 saturated heterocycles. The third kappa shape index (κ3) is 5.98. The Labute approximate surface area is 71.9 Å². The van der Waals surface area contributed by atoms with Gasteiger partial charge in [-0.1, -0.05) is 12.2 Å². The standard InChI is InChI=1S/C7H11NS2/c1-3-5-7(9)8-10-6-4-2/h3-4H,1-2,5-6H2,(H,8,9). The van der Waals surface area contributed by atoms with Crippen molar-refractivity contribution in [3.63, 3.8) is 0 Å². The van der Waals surface area contributed by atoms with Gasteiger partial charge >= 0.3 is 0 Å². The van der Waals surface area contributed by atoms with Crippen LogP contribution in [0, 0.1) is 0 Å². The molecule has 0 radical (unpaired) electrons. The molecular weight excluding hydrogens is 162 g/mol. The zero-order valence-corrected chi connectivity index (χ0v) is 7.50. The molecule has 0 amide bonds. The van der Waals surface area contributed by atoms with Crippen molar-refractivity contribution >= 4 is 29.6 Å². The first kappa shape index (κ1) is 9.85. The summed E-state index contributed by atoms with van der Waals surface area (Å²) in [6.45, 7) is 7.14. The first-order valence-electron chi connectivity index (χ1n) is 2.91. The van der Waals surface area contributed by atoms with Crippen LogP contribution in [0.2, 0.25) is 0 Å². The van der Waals surface area contributed by atoms with E-state index in [2.05, 4.69) is 30.2 Å². The van der Waals surface area contributed by atoms with Crippen LogP contribution in [0.5, 0.6) is 0 Å². The van der Waals surface area contributed by atoms with Gasteiger partial charge in [0.05, 0.1) is 5.04 Å². The van der Waals surface area contributed by atoms with E-state index in [0.29, 0.717) is 0 Å². The van der Waals surface area contributed by atoms with Gasteiger partial charge in [0.15, 0.2) is 0 Å². The van der Waals surface area contributed by atoms with Crippen LogP contribution in [0.4, 0.5) is 0 Å². The summed E-state index contributed by atoms with van der Waals surface area (Å²) in [5.41, 5.74) is 0. The van der Waals surface area contributed by atoms with Gasteiger partial charge < -0.3 is 0 Å². The smallest absolute Gasteiger partial charge is 0.0822 e. The number of allylic oxidation sites excluding steroid dienone is 1. The molecule has 0 aromatic carbocycles. The quantitative estimate of drug-likeness (QED) is 0.168. The summed E-state index contributed by atoms with van der Waals surface area (Å²) >= 11 is 5.55. The summed E-state index contributed by atoms with van der Waals surface area (Å²) in [5, 5.41) is 0.807. The number of thiol groups is 1. The second-order valence-corrected chi connectivity index (χ2v) is 2.88. The molecule has 10 heavy (non-hydrogen) atoms. The van der Waals surface area contributed by atoms with Crippen molar-refractivity contribution in [1.82, 2.24) is 0 Å². The molecule has 0 aromatic heterocycles. The molecule has 0 aliphatic heterocycles. The van der Waals surface area contributed by atoms with Crippen LogP contribution in [0.3, 0.4) is 0 Å². The van der Waals surface area contributed by atoms with Crippen molar-refractivity contribution in [3.05, 3.63) is 25.3 Å². The topological polar surface area (TPSA) is 12.4 Å². The van der Waals surface area contributed by atoms with Gasteiger partial charge in [0.2, 0.25) is 0 Å². The zero-order valence-electron chi connectivity index (χ0n) is 5.79. The molecule has 0 N–H and O–H groups in total. The Bertz CT molecular complexity index is 141. The largest absolute Gasteiger partial charge is 0.214 e. The van der Waals surface area contributed by atoms with Crippen molar-refractivity contribution in [2.45, 2.75) is 6.42 Å². The Morgan fingerprint density at radius 1 is 1.50 bits per heavy atom. The van der Waals surface area contributed by atoms with E-state index in [0.717, 1.165) is 17.2 Å². The maximum atomic E-state index is 4.11. The van der Waals surface area contributed by atoms with E-state index in [1.54, 1.807) is 6.08 Å². The highest BCUT2D eigenvalue weighted by molar-refractivity contribution is 8.02. The third-order valence-corrected chi connectivity index (χ3v) is 1.84. The Hall–Kier alpha value is -0.150. The molecule has 0 aliphatic carbocycles. The van der Waals surface area contributed by atoms with E-state index in [1.807, 2.05) is 6.08 Å². The maximum Gasteiger partial charge on any atom is 0.0822 e. The summed E-state index contributed by atoms with van der Waals surface area (Å²) in [5.74, 6) is 0.835. The highest BCUT2D eigenvalue weighted by Gasteiger charge is 1.85. The number of nitrogens with zero attached hydrogens (tertiary/aromatic N) is 1. The van der Waals surface area contributed by atoms with E-state index >= 15 is 0 Å². The normalized spacial score (nSPS) is 11.1. The molecule has 0 spiro atoms. The lowest BCUT2D eigenvalue weighted by atomic mass is 10.5. The van der Waals surface area contributed by atoms with Gasteiger partial charge in [-0.15, -0.1) is 25.8 Å². The summed E-state index contributed by atoms with van der Waals surface area (Å²) in [6.07, 6.45) is 4.33. The van der Waals surface area contributed by atoms with Crippen molar-refractivity contribution in [3.8, 4) is 0 Å². The van der Waals surface area contributed by atoms with Crippen LogP contribution in [0.1, 0.15) is 6.42 Å². The fourth-order valence-corrected chi connectivity index (χ4v) is 1.04. The first-order chi connectivity index (χ1) is 4.81. The van der Waals surface area contributed by atoms with Crippen molar-refractivity contribution in [2.75, 3.05) is 5.75 Å². The fourth-order valence-electron chi connectivity index (χ4n) is 0.331. The van der Waals surface area contributed by atoms with Gasteiger partial charge in [0.25, 0.3) is 0 Å². The highest BCUT2D eigenvalue weighted by Crippen LogP contribution is 2.05. The second kappa shape index (κ2) is 6.96. The van der Waals surface area contributed by atoms with E-state index in [9.17, 15) is 0 Å². The molecule has 0 saturated carbocycles. The summed E-state index contributed by atoms with van der Waals surface area (Å²) in [4.78, 5) is 0. The van der Waals surface area contributed by atoms with Crippen molar-refractivity contribution in [2.24, 2.45) is 4.40 Å². The van der Waals surface area contributed by atoms with Gasteiger partial charge in [-0.25, -0.2) is 4.40 Å². The molecule has 0 atom stereocenters. The SMILES string of the molecule is C=CCS/N=C(\S)CC=C. The Morgan fingerprint density at radius 2 is 2.20 bits per heavy atom. The van der Waals surface area contributed by atoms with Gasteiger partial charge in [-0.05, 0) is 11.9 Å². The second-order valence-electron chi connectivity index (χ2n) is 1.58. The predicted octanol–water partition coefficient (Wildman–Crippen LogP) is 2.73. The molecule has 0 aromatic rings. The molecule has 0 aliphatic rings. The Morgan fingerprint density at radius 3 is 2.70 bits per heavy atom. The lowest BCUT2D eigenvalue weighted by Gasteiger charge is -1.90. The van der Waals surface area contributed by atoms with Crippen molar-refractivity contribution < 1.29 is 0 Å². The highest BCUT2D eigenvalue weighted by atomic mass is 32.2. The van der Waals surface area contributed by atoms with Crippen LogP contribution in [-0.4, -0.2) is 10.8 Å². The monoisotopic (exact) mass is 173 g/mol. The minimum atomic E-state index is 0.743. The minimum Gasteiger partial charge on any atom is -0.214 e. The Balaban J connectivity index is 3.46. The van der Waals surface area contributed by atoms with Gasteiger partial charge in [-0.2, -0.15) is 0 Å². The maximum absolute atomic E-state index is 4.11. The molecule has 0 rings (SSSR count). The lowest BCUT2D eigenvalue weighted by Crippen LogP contribution is -1.80. The molecular formula is C7H11NS2. The Kier molecular flexibility index (Phi) is 6.86. The predicted molar refractivity (Wildman–Crippen MR) is 53.9 cm³/mol. The molecule has 0 bridgehead atoms. The van der Waals surface area contributed by atoms with Crippen LogP contribution in [0.15, 0.2) is 29.7 Å². The minimum absolute atomic E-state index is 0.743. The zero-order chi connectivity index (χ0) is 7.82. The summed E-state index contributed by atoms with van der Waals surface area (Å²) in [7, 11) is 0. The van der Waals surface area contributed by atoms with Gasteiger partial charge in [0.1, 0.15) is 0 Å². The number of rotatable bonds is 5. The van der Waals surface area contributed by atoms with Crippen LogP contribution in [0.25, 0.3) is 0 Å². The molecule has 0 fully saturated rings. The van der Waals surface area contributed by atoms with Crippen molar-refractivity contribution in [1.29, 1.82) is 0 Å². The first-order valence-corrected chi connectivity index (χ1v) is 4.29. The average molecular weight is 173 g/mol. The number of hydrogen-bond donors (Lipinski definition) is 1. The van der Waals surface area contributed by atoms with E-state index in [1.165, 1.54) is 11.9 Å². The van der Waals surface area contributed by atoms with E-state index in [-0.39, 0.29) is 0 Å². The van der Waals surface area contributed by atoms with Crippen LogP contribution < -0.4 is 0 Å². The summed E-state index contributed by atoms with van der Waals surface area (Å²) in [6, 6.07) is 0. The molecule has 0 unspecified atom stereocenters. The fraction of sp³-hybridized carbons (Fsp3) is 0.286. The van der Waals surface area contributed by atoms with Crippen LogP contribution >= 0.6 is 24.6 Å². The third-order valence-electron chi connectivity index (χ3n) is 0.689. The van der Waals surface area contributed by atoms with E-state index < -0.39 is 0 Å². The lowest BCUT2D eigenvalue weighted by molar-refractivity contribution is 1.53. The van der Waals surface area contributed by atoms with Gasteiger partial charge in [0, 0.05) is 12.2 Å². The molecule has 3 heteroatoms. The van der Waals surface area contributed by atoms with Gasteiger partial charge in [-0.3, -0.25) is 0 Å². The molecule has 0 heterocycles. The number of hydrogen-bond acceptors (Lipinski definition) is 2. The summed E-state index contributed by atoms with van der Waals surface area (Å²) < 4.78 is 4.06. The van der Waals surface area contributed by atoms with E-state index in [4.69, 9.17) is 0 Å². The molecule has 1 nitrogen and oxygen atoms in total. The van der Waals surface area contributed by atoms with Crippen LogP contribution in [-0.2, 0) is 0 Å². The average Bonchev–Trinajstić information content (AvgIpc) is 1.89. The molecule has 56 valence electrons.